The third-order valence-corrected chi connectivity index (χ3v) is 3.35. The van der Waals surface area contributed by atoms with Gasteiger partial charge in [0.1, 0.15) is 11.6 Å². The maximum absolute atomic E-state index is 14.0. The number of hydrogen-bond acceptors (Lipinski definition) is 1. The normalized spacial score (nSPS) is 12.5. The summed E-state index contributed by atoms with van der Waals surface area (Å²) in [5, 5.41) is 3.35. The van der Waals surface area contributed by atoms with Crippen molar-refractivity contribution in [3.05, 3.63) is 69.7 Å². The summed E-state index contributed by atoms with van der Waals surface area (Å²) in [6, 6.07) is 8.59. The van der Waals surface area contributed by atoms with Gasteiger partial charge in [0.05, 0.1) is 6.04 Å². The predicted molar refractivity (Wildman–Crippen MR) is 73.4 cm³/mol. The van der Waals surface area contributed by atoms with Crippen molar-refractivity contribution in [2.45, 2.75) is 13.0 Å². The quantitative estimate of drug-likeness (QED) is 0.887. The number of aryl methyl sites for hydroxylation is 1. The highest BCUT2D eigenvalue weighted by Crippen LogP contribution is 2.28. The number of rotatable bonds is 3. The van der Waals surface area contributed by atoms with Crippen molar-refractivity contribution in [3.63, 3.8) is 0 Å². The van der Waals surface area contributed by atoms with Crippen molar-refractivity contribution in [1.29, 1.82) is 0 Å². The molecule has 0 saturated heterocycles. The minimum atomic E-state index is -0.409. The average molecular weight is 282 g/mol. The third kappa shape index (κ3) is 2.94. The van der Waals surface area contributed by atoms with E-state index in [1.807, 2.05) is 6.92 Å². The maximum atomic E-state index is 14.0. The lowest BCUT2D eigenvalue weighted by molar-refractivity contribution is 0.570. The molecule has 0 bridgehead atoms. The van der Waals surface area contributed by atoms with Crippen LogP contribution >= 0.6 is 11.6 Å². The molecule has 1 atom stereocenters. The van der Waals surface area contributed by atoms with E-state index in [0.29, 0.717) is 16.1 Å². The molecule has 0 amide bonds. The lowest BCUT2D eigenvalue weighted by Gasteiger charge is -2.20. The van der Waals surface area contributed by atoms with Gasteiger partial charge in [-0.1, -0.05) is 23.7 Å². The Labute approximate surface area is 116 Å². The molecule has 0 spiro atoms. The summed E-state index contributed by atoms with van der Waals surface area (Å²) in [6.45, 7) is 1.87. The van der Waals surface area contributed by atoms with E-state index in [1.54, 1.807) is 25.2 Å². The van der Waals surface area contributed by atoms with Crippen LogP contribution in [0.15, 0.2) is 36.4 Å². The second-order valence-corrected chi connectivity index (χ2v) is 4.82. The van der Waals surface area contributed by atoms with Crippen LogP contribution in [0.5, 0.6) is 0 Å². The molecular weight excluding hydrogens is 268 g/mol. The van der Waals surface area contributed by atoms with Crippen molar-refractivity contribution in [2.24, 2.45) is 0 Å². The van der Waals surface area contributed by atoms with Crippen LogP contribution in [0.3, 0.4) is 0 Å². The minimum absolute atomic E-state index is 0.338. The Hall–Kier alpha value is -1.45. The highest BCUT2D eigenvalue weighted by Gasteiger charge is 2.18. The first-order valence-corrected chi connectivity index (χ1v) is 6.29. The fraction of sp³-hybridized carbons (Fsp3) is 0.200. The molecule has 0 aromatic heterocycles. The molecule has 0 aliphatic rings. The summed E-state index contributed by atoms with van der Waals surface area (Å²) < 4.78 is 27.4. The van der Waals surface area contributed by atoms with Gasteiger partial charge < -0.3 is 5.32 Å². The highest BCUT2D eigenvalue weighted by atomic mass is 35.5. The molecule has 0 radical (unpaired) electrons. The molecule has 1 N–H and O–H groups in total. The van der Waals surface area contributed by atoms with Crippen LogP contribution < -0.4 is 5.32 Å². The Balaban J connectivity index is 2.52. The summed E-state index contributed by atoms with van der Waals surface area (Å²) in [5.41, 5.74) is 2.06. The second kappa shape index (κ2) is 5.68. The number of hydrogen-bond donors (Lipinski definition) is 1. The first-order valence-electron chi connectivity index (χ1n) is 5.91. The van der Waals surface area contributed by atoms with E-state index in [1.165, 1.54) is 18.2 Å². The van der Waals surface area contributed by atoms with E-state index < -0.39 is 11.9 Å². The van der Waals surface area contributed by atoms with Gasteiger partial charge in [-0.3, -0.25) is 0 Å². The fourth-order valence-corrected chi connectivity index (χ4v) is 2.30. The molecule has 2 rings (SSSR count). The van der Waals surface area contributed by atoms with Gasteiger partial charge >= 0.3 is 0 Å². The summed E-state index contributed by atoms with van der Waals surface area (Å²) in [7, 11) is 1.71. The molecule has 0 aliphatic carbocycles. The number of benzene rings is 2. The van der Waals surface area contributed by atoms with Gasteiger partial charge in [-0.2, -0.15) is 0 Å². The van der Waals surface area contributed by atoms with Crippen LogP contribution in [0.1, 0.15) is 22.7 Å². The number of nitrogens with one attached hydrogen (secondary N) is 1. The Morgan fingerprint density at radius 1 is 1.05 bits per heavy atom. The monoisotopic (exact) mass is 281 g/mol. The van der Waals surface area contributed by atoms with E-state index in [9.17, 15) is 8.78 Å². The Morgan fingerprint density at radius 3 is 2.42 bits per heavy atom. The standard InChI is InChI=1S/C15H14ClF2N/c1-9-3-5-11(17)8-13(9)15(19-2)12-6-4-10(16)7-14(12)18/h3-8,15,19H,1-2H3. The Morgan fingerprint density at radius 2 is 1.79 bits per heavy atom. The maximum Gasteiger partial charge on any atom is 0.129 e. The van der Waals surface area contributed by atoms with Gasteiger partial charge in [0.15, 0.2) is 0 Å². The van der Waals surface area contributed by atoms with Crippen LogP contribution in [0.2, 0.25) is 5.02 Å². The molecule has 1 nitrogen and oxygen atoms in total. The molecule has 19 heavy (non-hydrogen) atoms. The first-order chi connectivity index (χ1) is 9.02. The SMILES string of the molecule is CNC(c1cc(F)ccc1C)c1ccc(Cl)cc1F. The van der Waals surface area contributed by atoms with Crippen molar-refractivity contribution in [1.82, 2.24) is 5.32 Å². The molecular formula is C15H14ClF2N. The summed E-state index contributed by atoms with van der Waals surface area (Å²) in [6.07, 6.45) is 0. The van der Waals surface area contributed by atoms with Crippen LogP contribution in [0.25, 0.3) is 0 Å². The van der Waals surface area contributed by atoms with Gasteiger partial charge in [-0.05, 0) is 49.4 Å². The molecule has 0 saturated carbocycles. The van der Waals surface area contributed by atoms with Crippen molar-refractivity contribution in [2.75, 3.05) is 7.05 Å². The van der Waals surface area contributed by atoms with Crippen LogP contribution in [-0.2, 0) is 0 Å². The van der Waals surface area contributed by atoms with E-state index in [-0.39, 0.29) is 5.82 Å². The van der Waals surface area contributed by atoms with E-state index >= 15 is 0 Å². The molecule has 4 heteroatoms. The molecule has 2 aromatic carbocycles. The third-order valence-electron chi connectivity index (χ3n) is 3.11. The van der Waals surface area contributed by atoms with Crippen LogP contribution in [0.4, 0.5) is 8.78 Å². The fourth-order valence-electron chi connectivity index (χ4n) is 2.14. The molecule has 0 aliphatic heterocycles. The topological polar surface area (TPSA) is 12.0 Å². The van der Waals surface area contributed by atoms with Gasteiger partial charge in [0, 0.05) is 10.6 Å². The zero-order valence-electron chi connectivity index (χ0n) is 10.7. The first kappa shape index (κ1) is 14.0. The lowest BCUT2D eigenvalue weighted by Crippen LogP contribution is -2.20. The van der Waals surface area contributed by atoms with E-state index in [2.05, 4.69) is 5.32 Å². The van der Waals surface area contributed by atoms with Gasteiger partial charge in [-0.25, -0.2) is 8.78 Å². The van der Waals surface area contributed by atoms with Crippen molar-refractivity contribution < 1.29 is 8.78 Å². The highest BCUT2D eigenvalue weighted by molar-refractivity contribution is 6.30. The average Bonchev–Trinajstić information content (AvgIpc) is 2.36. The molecule has 1 unspecified atom stereocenters. The van der Waals surface area contributed by atoms with Crippen LogP contribution in [-0.4, -0.2) is 7.05 Å². The smallest absolute Gasteiger partial charge is 0.129 e. The lowest BCUT2D eigenvalue weighted by atomic mass is 9.94. The van der Waals surface area contributed by atoms with Gasteiger partial charge in [0.25, 0.3) is 0 Å². The van der Waals surface area contributed by atoms with Crippen LogP contribution in [0, 0.1) is 18.6 Å². The summed E-state index contributed by atoms with van der Waals surface area (Å²) >= 11 is 5.75. The molecule has 100 valence electrons. The van der Waals surface area contributed by atoms with Crippen molar-refractivity contribution >= 4 is 11.6 Å². The zero-order chi connectivity index (χ0) is 14.0. The number of halogens is 3. The second-order valence-electron chi connectivity index (χ2n) is 4.39. The van der Waals surface area contributed by atoms with E-state index in [4.69, 9.17) is 11.6 Å². The Kier molecular flexibility index (Phi) is 4.17. The zero-order valence-corrected chi connectivity index (χ0v) is 11.4. The van der Waals surface area contributed by atoms with Gasteiger partial charge in [-0.15, -0.1) is 0 Å². The molecule has 0 fully saturated rings. The summed E-state index contributed by atoms with van der Waals surface area (Å²) in [5.74, 6) is -0.745. The predicted octanol–water partition coefficient (Wildman–Crippen LogP) is 4.24. The Bertz CT molecular complexity index is 599. The molecule has 2 aromatic rings. The minimum Gasteiger partial charge on any atom is -0.309 e. The largest absolute Gasteiger partial charge is 0.309 e. The molecule has 0 heterocycles. The summed E-state index contributed by atoms with van der Waals surface area (Å²) in [4.78, 5) is 0. The van der Waals surface area contributed by atoms with Gasteiger partial charge in [0.2, 0.25) is 0 Å². The van der Waals surface area contributed by atoms with E-state index in [0.717, 1.165) is 5.56 Å². The van der Waals surface area contributed by atoms with Crippen molar-refractivity contribution in [3.8, 4) is 0 Å².